The molecule has 1 fully saturated rings. The van der Waals surface area contributed by atoms with Gasteiger partial charge >= 0.3 is 0 Å². The summed E-state index contributed by atoms with van der Waals surface area (Å²) in [5.74, 6) is 0.398. The topological polar surface area (TPSA) is 75.1 Å². The molecule has 1 saturated carbocycles. The molecule has 2 heterocycles. The number of aliphatic hydroxyl groups excluding tert-OH is 1. The Morgan fingerprint density at radius 2 is 1.96 bits per heavy atom. The van der Waals surface area contributed by atoms with E-state index in [1.807, 2.05) is 24.3 Å². The molecule has 1 atom stereocenters. The molecule has 2 aromatic rings. The van der Waals surface area contributed by atoms with E-state index in [1.54, 1.807) is 24.8 Å². The Labute approximate surface area is 142 Å². The Hall–Kier alpha value is -2.27. The highest BCUT2D eigenvalue weighted by Crippen LogP contribution is 2.31. The third kappa shape index (κ3) is 4.61. The summed E-state index contributed by atoms with van der Waals surface area (Å²) in [6, 6.07) is 7.89. The summed E-state index contributed by atoms with van der Waals surface area (Å²) >= 11 is 0. The third-order valence-corrected chi connectivity index (χ3v) is 4.63. The summed E-state index contributed by atoms with van der Waals surface area (Å²) in [5.41, 5.74) is 2.22. The van der Waals surface area contributed by atoms with Crippen LogP contribution in [0.15, 0.2) is 49.1 Å². The smallest absolute Gasteiger partial charge is 0.220 e. The maximum Gasteiger partial charge on any atom is 0.220 e. The molecule has 0 saturated heterocycles. The number of amides is 1. The molecule has 3 rings (SSSR count). The van der Waals surface area contributed by atoms with Gasteiger partial charge in [0.2, 0.25) is 5.91 Å². The molecule has 1 aliphatic rings. The quantitative estimate of drug-likeness (QED) is 0.815. The fourth-order valence-electron chi connectivity index (χ4n) is 3.15. The minimum atomic E-state index is -0.220. The van der Waals surface area contributed by atoms with Crippen LogP contribution in [0.5, 0.6) is 0 Å². The van der Waals surface area contributed by atoms with Crippen molar-refractivity contribution in [2.45, 2.75) is 44.2 Å². The first-order valence-electron chi connectivity index (χ1n) is 8.46. The van der Waals surface area contributed by atoms with Crippen molar-refractivity contribution in [3.05, 3.63) is 60.2 Å². The van der Waals surface area contributed by atoms with Gasteiger partial charge in [-0.15, -0.1) is 0 Å². The number of aromatic nitrogens is 2. The first-order chi connectivity index (χ1) is 11.7. The Bertz CT molecular complexity index is 642. The largest absolute Gasteiger partial charge is 0.393 e. The van der Waals surface area contributed by atoms with Gasteiger partial charge in [0.25, 0.3) is 0 Å². The van der Waals surface area contributed by atoms with Gasteiger partial charge in [-0.25, -0.2) is 0 Å². The van der Waals surface area contributed by atoms with Gasteiger partial charge in [-0.3, -0.25) is 14.8 Å². The number of rotatable bonds is 7. The van der Waals surface area contributed by atoms with Crippen molar-refractivity contribution in [3.63, 3.8) is 0 Å². The molecule has 126 valence electrons. The first-order valence-corrected chi connectivity index (χ1v) is 8.46. The lowest BCUT2D eigenvalue weighted by Gasteiger charge is -2.38. The highest BCUT2D eigenvalue weighted by Gasteiger charge is 2.34. The van der Waals surface area contributed by atoms with Gasteiger partial charge in [-0.05, 0) is 60.9 Å². The van der Waals surface area contributed by atoms with Crippen molar-refractivity contribution in [2.75, 3.05) is 0 Å². The van der Waals surface area contributed by atoms with Crippen molar-refractivity contribution in [1.82, 2.24) is 15.3 Å². The lowest BCUT2D eigenvalue weighted by molar-refractivity contribution is -0.122. The number of hydrogen-bond acceptors (Lipinski definition) is 4. The van der Waals surface area contributed by atoms with Gasteiger partial charge < -0.3 is 10.4 Å². The van der Waals surface area contributed by atoms with E-state index in [0.29, 0.717) is 18.8 Å². The number of aliphatic hydroxyl groups is 1. The number of carbonyl (C=O) groups is 1. The summed E-state index contributed by atoms with van der Waals surface area (Å²) in [5, 5.41) is 12.8. The lowest BCUT2D eigenvalue weighted by Crippen LogP contribution is -2.48. The molecule has 2 aromatic heterocycles. The van der Waals surface area contributed by atoms with E-state index in [1.165, 1.54) is 0 Å². The third-order valence-electron chi connectivity index (χ3n) is 4.63. The summed E-state index contributed by atoms with van der Waals surface area (Å²) in [6.45, 7) is 0. The molecule has 2 N–H and O–H groups in total. The molecule has 1 amide bonds. The maximum absolute atomic E-state index is 12.3. The standard InChI is InChI=1S/C19H23N3O2/c23-17-11-16(12-17)18(10-14-5-8-20-9-6-14)22-19(24)4-3-15-2-1-7-21-13-15/h1-2,5-9,13,16-18,23H,3-4,10-12H2,(H,22,24). The van der Waals surface area contributed by atoms with Crippen LogP contribution in [0.2, 0.25) is 0 Å². The number of pyridine rings is 2. The van der Waals surface area contributed by atoms with Gasteiger partial charge in [-0.1, -0.05) is 6.07 Å². The van der Waals surface area contributed by atoms with Crippen LogP contribution in [-0.4, -0.2) is 33.1 Å². The average molecular weight is 325 g/mol. The van der Waals surface area contributed by atoms with E-state index in [2.05, 4.69) is 15.3 Å². The second-order valence-corrected chi connectivity index (χ2v) is 6.48. The highest BCUT2D eigenvalue weighted by atomic mass is 16.3. The zero-order valence-corrected chi connectivity index (χ0v) is 13.6. The molecule has 0 bridgehead atoms. The molecule has 24 heavy (non-hydrogen) atoms. The summed E-state index contributed by atoms with van der Waals surface area (Å²) in [4.78, 5) is 20.4. The molecule has 0 spiro atoms. The van der Waals surface area contributed by atoms with Gasteiger partial charge in [0.05, 0.1) is 6.10 Å². The fourth-order valence-corrected chi connectivity index (χ4v) is 3.15. The van der Waals surface area contributed by atoms with E-state index in [0.717, 1.165) is 30.4 Å². The minimum absolute atomic E-state index is 0.0549. The highest BCUT2D eigenvalue weighted by molar-refractivity contribution is 5.76. The van der Waals surface area contributed by atoms with E-state index < -0.39 is 0 Å². The number of nitrogens with one attached hydrogen (secondary N) is 1. The van der Waals surface area contributed by atoms with Crippen LogP contribution < -0.4 is 5.32 Å². The van der Waals surface area contributed by atoms with Crippen LogP contribution in [0, 0.1) is 5.92 Å². The Kier molecular flexibility index (Phi) is 5.54. The zero-order valence-electron chi connectivity index (χ0n) is 13.6. The SMILES string of the molecule is O=C(CCc1cccnc1)NC(Cc1ccncc1)C1CC(O)C1. The van der Waals surface area contributed by atoms with Gasteiger partial charge in [0.15, 0.2) is 0 Å². The molecular formula is C19H23N3O2. The second-order valence-electron chi connectivity index (χ2n) is 6.48. The number of hydrogen-bond donors (Lipinski definition) is 2. The Balaban J connectivity index is 1.55. The molecule has 1 aliphatic carbocycles. The van der Waals surface area contributed by atoms with E-state index >= 15 is 0 Å². The molecule has 0 aliphatic heterocycles. The van der Waals surface area contributed by atoms with Gasteiger partial charge in [0, 0.05) is 37.3 Å². The van der Waals surface area contributed by atoms with E-state index in [4.69, 9.17) is 0 Å². The fraction of sp³-hybridized carbons (Fsp3) is 0.421. The summed E-state index contributed by atoms with van der Waals surface area (Å²) < 4.78 is 0. The monoisotopic (exact) mass is 325 g/mol. The van der Waals surface area contributed by atoms with E-state index in [-0.39, 0.29) is 18.1 Å². The van der Waals surface area contributed by atoms with Crippen molar-refractivity contribution in [3.8, 4) is 0 Å². The second kappa shape index (κ2) is 8.02. The predicted molar refractivity (Wildman–Crippen MR) is 91.2 cm³/mol. The Morgan fingerprint density at radius 3 is 2.62 bits per heavy atom. The molecule has 0 aromatic carbocycles. The summed E-state index contributed by atoms with van der Waals surface area (Å²) in [7, 11) is 0. The predicted octanol–water partition coefficient (Wildman–Crippen LogP) is 1.91. The van der Waals surface area contributed by atoms with Gasteiger partial charge in [-0.2, -0.15) is 0 Å². The molecule has 0 radical (unpaired) electrons. The maximum atomic E-state index is 12.3. The van der Waals surface area contributed by atoms with Crippen molar-refractivity contribution >= 4 is 5.91 Å². The average Bonchev–Trinajstić information content (AvgIpc) is 2.58. The van der Waals surface area contributed by atoms with Gasteiger partial charge in [0.1, 0.15) is 0 Å². The van der Waals surface area contributed by atoms with Crippen LogP contribution in [0.25, 0.3) is 0 Å². The first kappa shape index (κ1) is 16.6. The lowest BCUT2D eigenvalue weighted by atomic mass is 9.75. The van der Waals surface area contributed by atoms with Crippen molar-refractivity contribution < 1.29 is 9.90 Å². The zero-order chi connectivity index (χ0) is 16.8. The normalized spacial score (nSPS) is 20.9. The Morgan fingerprint density at radius 1 is 1.17 bits per heavy atom. The number of nitrogens with zero attached hydrogens (tertiary/aromatic N) is 2. The molecule has 5 heteroatoms. The van der Waals surface area contributed by atoms with Crippen molar-refractivity contribution in [2.24, 2.45) is 5.92 Å². The number of carbonyl (C=O) groups excluding carboxylic acids is 1. The molecule has 1 unspecified atom stereocenters. The minimum Gasteiger partial charge on any atom is -0.393 e. The van der Waals surface area contributed by atoms with Crippen LogP contribution in [0.3, 0.4) is 0 Å². The number of aryl methyl sites for hydroxylation is 1. The summed E-state index contributed by atoms with van der Waals surface area (Å²) in [6.07, 6.45) is 10.3. The van der Waals surface area contributed by atoms with Crippen molar-refractivity contribution in [1.29, 1.82) is 0 Å². The molecule has 5 nitrogen and oxygen atoms in total. The molecular weight excluding hydrogens is 302 g/mol. The van der Waals surface area contributed by atoms with Crippen LogP contribution in [-0.2, 0) is 17.6 Å². The van der Waals surface area contributed by atoms with Crippen LogP contribution in [0.4, 0.5) is 0 Å². The van der Waals surface area contributed by atoms with E-state index in [9.17, 15) is 9.90 Å². The van der Waals surface area contributed by atoms with Crippen LogP contribution >= 0.6 is 0 Å². The van der Waals surface area contributed by atoms with Crippen LogP contribution in [0.1, 0.15) is 30.4 Å².